The van der Waals surface area contributed by atoms with Crippen LogP contribution < -0.4 is 0 Å². The van der Waals surface area contributed by atoms with Crippen LogP contribution in [-0.2, 0) is 0 Å². The minimum absolute atomic E-state index is 0.309. The molecule has 0 saturated carbocycles. The molecule has 14 heavy (non-hydrogen) atoms. The second-order valence-corrected chi connectivity index (χ2v) is 4.71. The molecule has 1 saturated heterocycles. The summed E-state index contributed by atoms with van der Waals surface area (Å²) in [5.41, 5.74) is 0. The van der Waals surface area contributed by atoms with Crippen molar-refractivity contribution in [1.29, 1.82) is 0 Å². The van der Waals surface area contributed by atoms with E-state index in [2.05, 4.69) is 30.9 Å². The van der Waals surface area contributed by atoms with Crippen LogP contribution in [0.25, 0.3) is 0 Å². The first kappa shape index (κ1) is 12.0. The Bertz CT molecular complexity index is 161. The Morgan fingerprint density at radius 1 is 1.50 bits per heavy atom. The van der Waals surface area contributed by atoms with Crippen molar-refractivity contribution in [3.8, 4) is 0 Å². The van der Waals surface area contributed by atoms with Crippen LogP contribution in [0.2, 0.25) is 0 Å². The number of likely N-dealkylation sites (tertiary alicyclic amines) is 1. The van der Waals surface area contributed by atoms with Crippen LogP contribution in [0.15, 0.2) is 0 Å². The summed E-state index contributed by atoms with van der Waals surface area (Å²) < 4.78 is 0. The third-order valence-electron chi connectivity index (χ3n) is 3.29. The first-order valence-electron chi connectivity index (χ1n) is 5.61. The summed E-state index contributed by atoms with van der Waals surface area (Å²) in [6.07, 6.45) is 3.52. The second kappa shape index (κ2) is 5.69. The van der Waals surface area contributed by atoms with Crippen molar-refractivity contribution >= 4 is 0 Å². The average Bonchev–Trinajstić information content (AvgIpc) is 2.13. The molecule has 1 rings (SSSR count). The lowest BCUT2D eigenvalue weighted by Crippen LogP contribution is -2.44. The van der Waals surface area contributed by atoms with E-state index in [4.69, 9.17) is 5.11 Å². The molecule has 0 bridgehead atoms. The number of aliphatic hydroxyl groups is 1. The fourth-order valence-corrected chi connectivity index (χ4v) is 2.57. The van der Waals surface area contributed by atoms with Crippen LogP contribution in [0.1, 0.15) is 19.3 Å². The molecule has 2 unspecified atom stereocenters. The molecule has 1 fully saturated rings. The molecule has 84 valence electrons. The van der Waals surface area contributed by atoms with Crippen LogP contribution in [-0.4, -0.2) is 61.8 Å². The normalized spacial score (nSPS) is 26.8. The molecule has 0 aromatic rings. The van der Waals surface area contributed by atoms with E-state index < -0.39 is 0 Å². The number of hydrogen-bond donors (Lipinski definition) is 1. The average molecular weight is 200 g/mol. The number of nitrogens with zero attached hydrogens (tertiary/aromatic N) is 2. The largest absolute Gasteiger partial charge is 0.396 e. The lowest BCUT2D eigenvalue weighted by Gasteiger charge is -2.38. The zero-order chi connectivity index (χ0) is 10.6. The van der Waals surface area contributed by atoms with Gasteiger partial charge in [0.25, 0.3) is 0 Å². The zero-order valence-electron chi connectivity index (χ0n) is 9.74. The first-order chi connectivity index (χ1) is 6.65. The monoisotopic (exact) mass is 200 g/mol. The highest BCUT2D eigenvalue weighted by Gasteiger charge is 2.26. The molecule has 0 aromatic carbocycles. The Balaban J connectivity index is 2.48. The summed E-state index contributed by atoms with van der Waals surface area (Å²) in [5.74, 6) is 0.732. The van der Waals surface area contributed by atoms with Gasteiger partial charge in [-0.2, -0.15) is 0 Å². The summed E-state index contributed by atoms with van der Waals surface area (Å²) >= 11 is 0. The summed E-state index contributed by atoms with van der Waals surface area (Å²) in [4.78, 5) is 4.67. The molecule has 1 heterocycles. The zero-order valence-corrected chi connectivity index (χ0v) is 9.74. The predicted molar refractivity (Wildman–Crippen MR) is 59.4 cm³/mol. The molecular formula is C11H24N2O. The standard InChI is InChI=1S/C11H24N2O/c1-12(2)11(6-8-14)10-5-4-7-13(3)9-10/h10-11,14H,4-9H2,1-3H3. The molecule has 0 aromatic heterocycles. The van der Waals surface area contributed by atoms with Crippen molar-refractivity contribution in [3.05, 3.63) is 0 Å². The van der Waals surface area contributed by atoms with Crippen LogP contribution in [0, 0.1) is 5.92 Å². The Kier molecular flexibility index (Phi) is 4.85. The molecule has 0 radical (unpaired) electrons. The number of rotatable bonds is 4. The van der Waals surface area contributed by atoms with E-state index in [9.17, 15) is 0 Å². The van der Waals surface area contributed by atoms with E-state index in [0.29, 0.717) is 12.6 Å². The maximum absolute atomic E-state index is 9.04. The molecule has 1 aliphatic heterocycles. The van der Waals surface area contributed by atoms with Crippen molar-refractivity contribution < 1.29 is 5.11 Å². The topological polar surface area (TPSA) is 26.7 Å². The van der Waals surface area contributed by atoms with Gasteiger partial charge < -0.3 is 14.9 Å². The highest BCUT2D eigenvalue weighted by Crippen LogP contribution is 2.23. The van der Waals surface area contributed by atoms with E-state index >= 15 is 0 Å². The minimum atomic E-state index is 0.309. The fraction of sp³-hybridized carbons (Fsp3) is 1.00. The lowest BCUT2D eigenvalue weighted by molar-refractivity contribution is 0.101. The molecule has 3 heteroatoms. The third-order valence-corrected chi connectivity index (χ3v) is 3.29. The highest BCUT2D eigenvalue weighted by atomic mass is 16.3. The van der Waals surface area contributed by atoms with Gasteiger partial charge >= 0.3 is 0 Å². The predicted octanol–water partition coefficient (Wildman–Crippen LogP) is 0.641. The smallest absolute Gasteiger partial charge is 0.0446 e. The summed E-state index contributed by atoms with van der Waals surface area (Å²) in [6, 6.07) is 0.544. The minimum Gasteiger partial charge on any atom is -0.396 e. The molecule has 0 spiro atoms. The van der Waals surface area contributed by atoms with Crippen molar-refractivity contribution in [3.63, 3.8) is 0 Å². The Morgan fingerprint density at radius 2 is 2.21 bits per heavy atom. The van der Waals surface area contributed by atoms with Gasteiger partial charge in [0.1, 0.15) is 0 Å². The lowest BCUT2D eigenvalue weighted by atomic mass is 9.88. The SMILES string of the molecule is CN1CCCC(C(CCO)N(C)C)C1. The Labute approximate surface area is 87.7 Å². The van der Waals surface area contributed by atoms with E-state index in [-0.39, 0.29) is 0 Å². The van der Waals surface area contributed by atoms with Gasteiger partial charge in [-0.15, -0.1) is 0 Å². The van der Waals surface area contributed by atoms with Gasteiger partial charge in [-0.25, -0.2) is 0 Å². The highest BCUT2D eigenvalue weighted by molar-refractivity contribution is 4.81. The molecule has 1 aliphatic rings. The maximum Gasteiger partial charge on any atom is 0.0446 e. The van der Waals surface area contributed by atoms with Crippen LogP contribution in [0.5, 0.6) is 0 Å². The first-order valence-corrected chi connectivity index (χ1v) is 5.61. The van der Waals surface area contributed by atoms with Crippen molar-refractivity contribution in [1.82, 2.24) is 9.80 Å². The van der Waals surface area contributed by atoms with Crippen molar-refractivity contribution in [2.75, 3.05) is 40.8 Å². The summed E-state index contributed by atoms with van der Waals surface area (Å²) in [7, 11) is 6.43. The van der Waals surface area contributed by atoms with Gasteiger partial charge in [-0.1, -0.05) is 0 Å². The number of hydrogen-bond acceptors (Lipinski definition) is 3. The van der Waals surface area contributed by atoms with Crippen LogP contribution in [0.3, 0.4) is 0 Å². The summed E-state index contributed by atoms with van der Waals surface area (Å²) in [6.45, 7) is 2.72. The molecule has 0 amide bonds. The van der Waals surface area contributed by atoms with Gasteiger partial charge in [-0.05, 0) is 52.9 Å². The number of aliphatic hydroxyl groups excluding tert-OH is 1. The second-order valence-electron chi connectivity index (χ2n) is 4.71. The molecule has 1 N–H and O–H groups in total. The fourth-order valence-electron chi connectivity index (χ4n) is 2.57. The van der Waals surface area contributed by atoms with Crippen LogP contribution >= 0.6 is 0 Å². The molecule has 0 aliphatic carbocycles. The summed E-state index contributed by atoms with van der Waals surface area (Å²) in [5, 5.41) is 9.04. The van der Waals surface area contributed by atoms with E-state index in [1.807, 2.05) is 0 Å². The van der Waals surface area contributed by atoms with Gasteiger partial charge in [0.2, 0.25) is 0 Å². The van der Waals surface area contributed by atoms with Gasteiger partial charge in [0.15, 0.2) is 0 Å². The van der Waals surface area contributed by atoms with Gasteiger partial charge in [0, 0.05) is 19.2 Å². The molecule has 2 atom stereocenters. The molecule has 3 nitrogen and oxygen atoms in total. The maximum atomic E-state index is 9.04. The number of piperidine rings is 1. The van der Waals surface area contributed by atoms with Gasteiger partial charge in [-0.3, -0.25) is 0 Å². The van der Waals surface area contributed by atoms with Crippen molar-refractivity contribution in [2.45, 2.75) is 25.3 Å². The van der Waals surface area contributed by atoms with Gasteiger partial charge in [0.05, 0.1) is 0 Å². The van der Waals surface area contributed by atoms with E-state index in [0.717, 1.165) is 12.3 Å². The molecular weight excluding hydrogens is 176 g/mol. The Morgan fingerprint density at radius 3 is 2.71 bits per heavy atom. The van der Waals surface area contributed by atoms with Crippen LogP contribution in [0.4, 0.5) is 0 Å². The third kappa shape index (κ3) is 3.23. The Hall–Kier alpha value is -0.120. The van der Waals surface area contributed by atoms with E-state index in [1.54, 1.807) is 0 Å². The van der Waals surface area contributed by atoms with E-state index in [1.165, 1.54) is 25.9 Å². The quantitative estimate of drug-likeness (QED) is 0.721. The van der Waals surface area contributed by atoms with Crippen molar-refractivity contribution in [2.24, 2.45) is 5.92 Å².